The van der Waals surface area contributed by atoms with E-state index in [0.29, 0.717) is 12.0 Å². The summed E-state index contributed by atoms with van der Waals surface area (Å²) in [4.78, 5) is 0. The van der Waals surface area contributed by atoms with Crippen molar-refractivity contribution in [3.8, 4) is 5.75 Å². The molecule has 21 heavy (non-hydrogen) atoms. The molecule has 0 amide bonds. The lowest BCUT2D eigenvalue weighted by molar-refractivity contribution is 0.150. The molecule has 2 aromatic rings. The van der Waals surface area contributed by atoms with E-state index in [0.717, 1.165) is 20.3 Å². The number of hydrogen-bond donors (Lipinski definition) is 1. The third-order valence-electron chi connectivity index (χ3n) is 3.73. The molecule has 2 unspecified atom stereocenters. The topological polar surface area (TPSA) is 21.3 Å². The summed E-state index contributed by atoms with van der Waals surface area (Å²) in [5.74, 6) is 0.546. The Morgan fingerprint density at radius 3 is 2.43 bits per heavy atom. The molecule has 2 nitrogen and oxygen atoms in total. The van der Waals surface area contributed by atoms with E-state index >= 15 is 0 Å². The van der Waals surface area contributed by atoms with E-state index in [1.165, 1.54) is 6.07 Å². The van der Waals surface area contributed by atoms with Crippen LogP contribution in [0.3, 0.4) is 0 Å². The minimum absolute atomic E-state index is 0.148. The highest BCUT2D eigenvalue weighted by Crippen LogP contribution is 2.42. The highest BCUT2D eigenvalue weighted by atomic mass is 79.9. The van der Waals surface area contributed by atoms with Crippen molar-refractivity contribution in [3.05, 3.63) is 62.3 Å². The molecule has 0 aliphatic carbocycles. The van der Waals surface area contributed by atoms with Crippen LogP contribution < -0.4 is 10.1 Å². The Morgan fingerprint density at radius 2 is 1.76 bits per heavy atom. The van der Waals surface area contributed by atoms with Crippen molar-refractivity contribution in [3.63, 3.8) is 0 Å². The largest absolute Gasteiger partial charge is 0.485 e. The van der Waals surface area contributed by atoms with Gasteiger partial charge in [0.25, 0.3) is 0 Å². The summed E-state index contributed by atoms with van der Waals surface area (Å²) >= 11 is 6.73. The van der Waals surface area contributed by atoms with Crippen molar-refractivity contribution in [1.29, 1.82) is 0 Å². The van der Waals surface area contributed by atoms with Gasteiger partial charge in [0.2, 0.25) is 0 Å². The first-order valence-electron chi connectivity index (χ1n) is 6.67. The molecule has 0 radical (unpaired) electrons. The number of fused-ring (bicyclic) bond motifs is 1. The standard InChI is InChI=1S/C16H14Br2FNO/c1-20-14-8-16(11-4-2-9(17)6-13(11)19)21-15-7-10(18)3-5-12(14)15/h2-7,14,16,20H,8H2,1H3. The minimum atomic E-state index is -0.294. The van der Waals surface area contributed by atoms with Crippen LogP contribution in [0.2, 0.25) is 0 Å². The van der Waals surface area contributed by atoms with Crippen LogP contribution in [0.15, 0.2) is 45.3 Å². The lowest BCUT2D eigenvalue weighted by Gasteiger charge is -2.32. The maximum Gasteiger partial charge on any atom is 0.131 e. The van der Waals surface area contributed by atoms with Gasteiger partial charge in [-0.2, -0.15) is 0 Å². The number of halogens is 3. The van der Waals surface area contributed by atoms with Gasteiger partial charge in [0.15, 0.2) is 0 Å². The Balaban J connectivity index is 1.99. The average molecular weight is 415 g/mol. The predicted octanol–water partition coefficient (Wildman–Crippen LogP) is 5.14. The van der Waals surface area contributed by atoms with E-state index in [4.69, 9.17) is 4.74 Å². The monoisotopic (exact) mass is 413 g/mol. The molecule has 0 bridgehead atoms. The van der Waals surface area contributed by atoms with Crippen molar-refractivity contribution in [2.75, 3.05) is 7.05 Å². The van der Waals surface area contributed by atoms with Crippen molar-refractivity contribution in [2.45, 2.75) is 18.6 Å². The second-order valence-electron chi connectivity index (χ2n) is 5.03. The molecule has 1 N–H and O–H groups in total. The van der Waals surface area contributed by atoms with Gasteiger partial charge in [0.1, 0.15) is 17.7 Å². The molecule has 0 saturated heterocycles. The highest BCUT2D eigenvalue weighted by Gasteiger charge is 2.30. The number of ether oxygens (including phenoxy) is 1. The van der Waals surface area contributed by atoms with Crippen LogP contribution in [0.4, 0.5) is 4.39 Å². The SMILES string of the molecule is CNC1CC(c2ccc(Br)cc2F)Oc2cc(Br)ccc21. The van der Waals surface area contributed by atoms with Gasteiger partial charge in [-0.05, 0) is 31.3 Å². The molecule has 5 heteroatoms. The quantitative estimate of drug-likeness (QED) is 0.734. The fourth-order valence-electron chi connectivity index (χ4n) is 2.67. The summed E-state index contributed by atoms with van der Waals surface area (Å²) < 4.78 is 21.9. The highest BCUT2D eigenvalue weighted by molar-refractivity contribution is 9.10. The van der Waals surface area contributed by atoms with Gasteiger partial charge in [0.05, 0.1) is 0 Å². The molecule has 0 fully saturated rings. The zero-order valence-electron chi connectivity index (χ0n) is 11.4. The molecule has 110 valence electrons. The van der Waals surface area contributed by atoms with E-state index in [1.54, 1.807) is 6.07 Å². The maximum absolute atomic E-state index is 14.2. The Morgan fingerprint density at radius 1 is 1.10 bits per heavy atom. The van der Waals surface area contributed by atoms with Gasteiger partial charge in [-0.15, -0.1) is 0 Å². The van der Waals surface area contributed by atoms with E-state index in [9.17, 15) is 4.39 Å². The number of hydrogen-bond acceptors (Lipinski definition) is 2. The Kier molecular flexibility index (Phi) is 4.33. The van der Waals surface area contributed by atoms with Crippen LogP contribution in [0, 0.1) is 5.82 Å². The van der Waals surface area contributed by atoms with Crippen LogP contribution in [0.1, 0.15) is 29.7 Å². The van der Waals surface area contributed by atoms with Crippen LogP contribution in [0.25, 0.3) is 0 Å². The fourth-order valence-corrected chi connectivity index (χ4v) is 3.34. The average Bonchev–Trinajstić information content (AvgIpc) is 2.45. The molecule has 1 aliphatic heterocycles. The summed E-state index contributed by atoms with van der Waals surface area (Å²) in [6.07, 6.45) is 0.404. The van der Waals surface area contributed by atoms with E-state index in [-0.39, 0.29) is 18.0 Å². The fraction of sp³-hybridized carbons (Fsp3) is 0.250. The van der Waals surface area contributed by atoms with E-state index < -0.39 is 0 Å². The lowest BCUT2D eigenvalue weighted by atomic mass is 9.93. The predicted molar refractivity (Wildman–Crippen MR) is 88.0 cm³/mol. The van der Waals surface area contributed by atoms with Crippen molar-refractivity contribution >= 4 is 31.9 Å². The second kappa shape index (κ2) is 6.07. The van der Waals surface area contributed by atoms with Gasteiger partial charge in [-0.1, -0.05) is 44.0 Å². The van der Waals surface area contributed by atoms with E-state index in [2.05, 4.69) is 37.2 Å². The first kappa shape index (κ1) is 15.0. The molecule has 1 aliphatic rings. The van der Waals surface area contributed by atoms with Crippen molar-refractivity contribution in [2.24, 2.45) is 0 Å². The van der Waals surface area contributed by atoms with Gasteiger partial charge in [-0.25, -0.2) is 4.39 Å². The van der Waals surface area contributed by atoms with E-state index in [1.807, 2.05) is 31.3 Å². The zero-order chi connectivity index (χ0) is 15.0. The molecule has 2 aromatic carbocycles. The summed E-state index contributed by atoms with van der Waals surface area (Å²) in [5.41, 5.74) is 1.69. The maximum atomic E-state index is 14.2. The first-order valence-corrected chi connectivity index (χ1v) is 8.25. The zero-order valence-corrected chi connectivity index (χ0v) is 14.5. The number of nitrogens with one attached hydrogen (secondary N) is 1. The molecule has 1 heterocycles. The molecule has 3 rings (SSSR count). The summed E-state index contributed by atoms with van der Waals surface area (Å²) in [6.45, 7) is 0. The summed E-state index contributed by atoms with van der Waals surface area (Å²) in [7, 11) is 1.91. The molecule has 2 atom stereocenters. The first-order chi connectivity index (χ1) is 10.1. The van der Waals surface area contributed by atoms with Crippen LogP contribution in [-0.4, -0.2) is 7.05 Å². The van der Waals surface area contributed by atoms with Gasteiger partial charge >= 0.3 is 0 Å². The third-order valence-corrected chi connectivity index (χ3v) is 4.71. The lowest BCUT2D eigenvalue weighted by Crippen LogP contribution is -2.27. The number of rotatable bonds is 2. The molecular formula is C16H14Br2FNO. The van der Waals surface area contributed by atoms with Crippen LogP contribution in [-0.2, 0) is 0 Å². The molecular weight excluding hydrogens is 401 g/mol. The summed E-state index contributed by atoms with van der Waals surface area (Å²) in [6, 6.07) is 11.2. The van der Waals surface area contributed by atoms with Crippen LogP contribution >= 0.6 is 31.9 Å². The van der Waals surface area contributed by atoms with Gasteiger partial charge < -0.3 is 10.1 Å². The second-order valence-corrected chi connectivity index (χ2v) is 6.86. The number of benzene rings is 2. The Hall–Kier alpha value is -0.910. The normalized spacial score (nSPS) is 20.8. The minimum Gasteiger partial charge on any atom is -0.485 e. The molecule has 0 aromatic heterocycles. The van der Waals surface area contributed by atoms with Crippen molar-refractivity contribution < 1.29 is 9.13 Å². The van der Waals surface area contributed by atoms with Crippen LogP contribution in [0.5, 0.6) is 5.75 Å². The molecule has 0 saturated carbocycles. The van der Waals surface area contributed by atoms with Crippen molar-refractivity contribution in [1.82, 2.24) is 5.32 Å². The third kappa shape index (κ3) is 3.00. The summed E-state index contributed by atoms with van der Waals surface area (Å²) in [5, 5.41) is 3.28. The Labute approximate surface area is 140 Å². The smallest absolute Gasteiger partial charge is 0.131 e. The van der Waals surface area contributed by atoms with Gasteiger partial charge in [0, 0.05) is 32.5 Å². The Bertz CT molecular complexity index is 677. The van der Waals surface area contributed by atoms with Gasteiger partial charge in [-0.3, -0.25) is 0 Å². The molecule has 0 spiro atoms.